The molecule has 1 aromatic carbocycles. The predicted molar refractivity (Wildman–Crippen MR) is 65.0 cm³/mol. The summed E-state index contributed by atoms with van der Waals surface area (Å²) in [5.74, 6) is -0.830. The number of hydrogen-bond donors (Lipinski definition) is 1. The Kier molecular flexibility index (Phi) is 3.23. The molecule has 1 heterocycles. The molecule has 0 amide bonds. The fraction of sp³-hybridized carbons (Fsp3) is 0.182. The Morgan fingerprint density at radius 2 is 2.26 bits per heavy atom. The highest BCUT2D eigenvalue weighted by molar-refractivity contribution is 5.89. The van der Waals surface area contributed by atoms with Crippen molar-refractivity contribution in [2.45, 2.75) is 6.92 Å². The highest BCUT2D eigenvalue weighted by Crippen LogP contribution is 2.16. The van der Waals surface area contributed by atoms with Gasteiger partial charge in [-0.05, 0) is 13.0 Å². The van der Waals surface area contributed by atoms with Gasteiger partial charge in [-0.1, -0.05) is 0 Å². The van der Waals surface area contributed by atoms with E-state index in [1.807, 2.05) is 0 Å². The van der Waals surface area contributed by atoms with E-state index in [1.54, 1.807) is 6.92 Å². The standard InChI is InChI=1S/C11H9N3O5/c1-2-19-11(16)9-10(15)13-8-5-6(14(17)18)3-4-7(8)12-9/h3-5H,2H2,1H3,(H,13,15). The number of ether oxygens (including phenoxy) is 1. The van der Waals surface area contributed by atoms with E-state index in [9.17, 15) is 19.7 Å². The fourth-order valence-electron chi connectivity index (χ4n) is 1.53. The van der Waals surface area contributed by atoms with Crippen LogP contribution >= 0.6 is 0 Å². The molecule has 0 spiro atoms. The molecule has 0 unspecified atom stereocenters. The Balaban J connectivity index is 2.58. The first-order valence-corrected chi connectivity index (χ1v) is 5.38. The number of rotatable bonds is 3. The van der Waals surface area contributed by atoms with Crippen molar-refractivity contribution in [3.63, 3.8) is 0 Å². The summed E-state index contributed by atoms with van der Waals surface area (Å²) in [7, 11) is 0. The normalized spacial score (nSPS) is 10.4. The molecule has 8 nitrogen and oxygen atoms in total. The third kappa shape index (κ3) is 2.41. The molecule has 98 valence electrons. The van der Waals surface area contributed by atoms with E-state index in [2.05, 4.69) is 14.7 Å². The van der Waals surface area contributed by atoms with Crippen LogP contribution in [-0.2, 0) is 4.74 Å². The zero-order valence-electron chi connectivity index (χ0n) is 9.87. The Bertz CT molecular complexity index is 722. The predicted octanol–water partition coefficient (Wildman–Crippen LogP) is 1.01. The molecular formula is C11H9N3O5. The average molecular weight is 263 g/mol. The minimum Gasteiger partial charge on any atom is -0.461 e. The summed E-state index contributed by atoms with van der Waals surface area (Å²) in [5.41, 5.74) is -0.830. The minimum atomic E-state index is -0.830. The summed E-state index contributed by atoms with van der Waals surface area (Å²) >= 11 is 0. The Labute approximate surface area is 106 Å². The number of H-pyrrole nitrogens is 1. The van der Waals surface area contributed by atoms with Crippen LogP contribution in [0.25, 0.3) is 11.0 Å². The maximum atomic E-state index is 11.6. The number of esters is 1. The maximum Gasteiger partial charge on any atom is 0.362 e. The van der Waals surface area contributed by atoms with Gasteiger partial charge in [-0.15, -0.1) is 0 Å². The van der Waals surface area contributed by atoms with Gasteiger partial charge >= 0.3 is 5.97 Å². The number of nitro benzene ring substituents is 1. The number of carbonyl (C=O) groups excluding carboxylic acids is 1. The Morgan fingerprint density at radius 3 is 2.89 bits per heavy atom. The third-order valence-corrected chi connectivity index (χ3v) is 2.36. The van der Waals surface area contributed by atoms with Crippen molar-refractivity contribution in [1.29, 1.82) is 0 Å². The largest absolute Gasteiger partial charge is 0.461 e. The summed E-state index contributed by atoms with van der Waals surface area (Å²) in [4.78, 5) is 39.4. The van der Waals surface area contributed by atoms with E-state index >= 15 is 0 Å². The number of carbonyl (C=O) groups is 1. The van der Waals surface area contributed by atoms with Crippen LogP contribution in [0.5, 0.6) is 0 Å². The first-order chi connectivity index (χ1) is 9.02. The number of fused-ring (bicyclic) bond motifs is 1. The van der Waals surface area contributed by atoms with Crippen LogP contribution in [0.2, 0.25) is 0 Å². The molecule has 0 saturated heterocycles. The van der Waals surface area contributed by atoms with Gasteiger partial charge in [0.05, 0.1) is 22.6 Å². The number of hydrogen-bond acceptors (Lipinski definition) is 6. The lowest BCUT2D eigenvalue weighted by Gasteiger charge is -2.02. The summed E-state index contributed by atoms with van der Waals surface area (Å²) in [6.45, 7) is 1.73. The Morgan fingerprint density at radius 1 is 1.53 bits per heavy atom. The van der Waals surface area contributed by atoms with E-state index in [-0.39, 0.29) is 29.0 Å². The summed E-state index contributed by atoms with van der Waals surface area (Å²) in [5, 5.41) is 10.6. The molecule has 0 aliphatic heterocycles. The van der Waals surface area contributed by atoms with Crippen molar-refractivity contribution in [1.82, 2.24) is 9.97 Å². The summed E-state index contributed by atoms with van der Waals surface area (Å²) in [6.07, 6.45) is 0. The highest BCUT2D eigenvalue weighted by atomic mass is 16.6. The smallest absolute Gasteiger partial charge is 0.362 e. The number of nitrogens with zero attached hydrogens (tertiary/aromatic N) is 2. The molecule has 0 bridgehead atoms. The zero-order chi connectivity index (χ0) is 14.0. The number of non-ortho nitro benzene ring substituents is 1. The topological polar surface area (TPSA) is 115 Å². The molecule has 2 rings (SSSR count). The molecule has 1 N–H and O–H groups in total. The molecule has 0 atom stereocenters. The summed E-state index contributed by atoms with van der Waals surface area (Å²) in [6, 6.07) is 3.77. The van der Waals surface area contributed by atoms with Crippen LogP contribution in [0.1, 0.15) is 17.4 Å². The van der Waals surface area contributed by atoms with Gasteiger partial charge in [-0.25, -0.2) is 9.78 Å². The van der Waals surface area contributed by atoms with Gasteiger partial charge in [-0.3, -0.25) is 14.9 Å². The molecule has 0 aliphatic carbocycles. The van der Waals surface area contributed by atoms with E-state index in [0.717, 1.165) is 0 Å². The van der Waals surface area contributed by atoms with Crippen LogP contribution in [0.15, 0.2) is 23.0 Å². The van der Waals surface area contributed by atoms with Crippen LogP contribution in [0.4, 0.5) is 5.69 Å². The van der Waals surface area contributed by atoms with Gasteiger partial charge in [0, 0.05) is 12.1 Å². The van der Waals surface area contributed by atoms with Crippen molar-refractivity contribution < 1.29 is 14.5 Å². The van der Waals surface area contributed by atoms with Gasteiger partial charge in [0.1, 0.15) is 0 Å². The molecule has 0 aliphatic rings. The lowest BCUT2D eigenvalue weighted by Crippen LogP contribution is -2.22. The van der Waals surface area contributed by atoms with Crippen molar-refractivity contribution >= 4 is 22.7 Å². The number of aromatic nitrogens is 2. The molecule has 0 radical (unpaired) electrons. The van der Waals surface area contributed by atoms with Crippen molar-refractivity contribution in [2.75, 3.05) is 6.61 Å². The molecular weight excluding hydrogens is 254 g/mol. The summed E-state index contributed by atoms with van der Waals surface area (Å²) < 4.78 is 4.69. The number of aromatic amines is 1. The minimum absolute atomic E-state index is 0.123. The first-order valence-electron chi connectivity index (χ1n) is 5.38. The Hall–Kier alpha value is -2.77. The third-order valence-electron chi connectivity index (χ3n) is 2.36. The van der Waals surface area contributed by atoms with E-state index in [1.165, 1.54) is 18.2 Å². The van der Waals surface area contributed by atoms with Gasteiger partial charge in [0.2, 0.25) is 5.69 Å². The van der Waals surface area contributed by atoms with Gasteiger partial charge < -0.3 is 9.72 Å². The lowest BCUT2D eigenvalue weighted by atomic mass is 10.2. The quantitative estimate of drug-likeness (QED) is 0.502. The average Bonchev–Trinajstić information content (AvgIpc) is 2.37. The maximum absolute atomic E-state index is 11.6. The SMILES string of the molecule is CCOC(=O)c1nc2ccc([N+](=O)[O-])cc2[nH]c1=O. The van der Waals surface area contributed by atoms with E-state index < -0.39 is 16.5 Å². The first kappa shape index (κ1) is 12.7. The fourth-order valence-corrected chi connectivity index (χ4v) is 1.53. The van der Waals surface area contributed by atoms with Crippen LogP contribution < -0.4 is 5.56 Å². The zero-order valence-corrected chi connectivity index (χ0v) is 9.87. The number of nitro groups is 1. The molecule has 8 heteroatoms. The van der Waals surface area contributed by atoms with Crippen LogP contribution in [0, 0.1) is 10.1 Å². The molecule has 2 aromatic rings. The van der Waals surface area contributed by atoms with Gasteiger partial charge in [0.25, 0.3) is 11.2 Å². The second-order valence-electron chi connectivity index (χ2n) is 3.59. The lowest BCUT2D eigenvalue weighted by molar-refractivity contribution is -0.384. The number of benzene rings is 1. The van der Waals surface area contributed by atoms with Gasteiger partial charge in [-0.2, -0.15) is 0 Å². The van der Waals surface area contributed by atoms with E-state index in [0.29, 0.717) is 0 Å². The number of nitrogens with one attached hydrogen (secondary N) is 1. The molecule has 1 aromatic heterocycles. The van der Waals surface area contributed by atoms with Crippen molar-refractivity contribution in [3.8, 4) is 0 Å². The van der Waals surface area contributed by atoms with Gasteiger partial charge in [0.15, 0.2) is 0 Å². The van der Waals surface area contributed by atoms with Crippen molar-refractivity contribution in [3.05, 3.63) is 44.4 Å². The van der Waals surface area contributed by atoms with Crippen LogP contribution in [0.3, 0.4) is 0 Å². The van der Waals surface area contributed by atoms with Crippen molar-refractivity contribution in [2.24, 2.45) is 0 Å². The monoisotopic (exact) mass is 263 g/mol. The van der Waals surface area contributed by atoms with E-state index in [4.69, 9.17) is 0 Å². The second-order valence-corrected chi connectivity index (χ2v) is 3.59. The second kappa shape index (κ2) is 4.84. The molecule has 0 fully saturated rings. The van der Waals surface area contributed by atoms with Crippen LogP contribution in [-0.4, -0.2) is 27.5 Å². The molecule has 0 saturated carbocycles. The molecule has 19 heavy (non-hydrogen) atoms. The highest BCUT2D eigenvalue weighted by Gasteiger charge is 2.16.